The Kier molecular flexibility index (Phi) is 3.93. The first-order valence-electron chi connectivity index (χ1n) is 6.97. The number of nitrogens with zero attached hydrogens (tertiary/aromatic N) is 1. The highest BCUT2D eigenvalue weighted by atomic mass is 16.5. The third-order valence-electron chi connectivity index (χ3n) is 3.29. The largest absolute Gasteiger partial charge is 0.487 e. The van der Waals surface area contributed by atoms with E-state index in [0.717, 1.165) is 28.3 Å². The fourth-order valence-electron chi connectivity index (χ4n) is 2.09. The first-order chi connectivity index (χ1) is 10.8. The standard InChI is InChI=1S/C19H15NO2/c1-3-15-8-7-11-17(12-15)21-13-18-14(2)22-19(20-18)16-9-5-4-6-10-16/h1,4-12H,13H2,2H3. The van der Waals surface area contributed by atoms with Crippen LogP contribution in [0.2, 0.25) is 0 Å². The van der Waals surface area contributed by atoms with Gasteiger partial charge in [0.05, 0.1) is 0 Å². The van der Waals surface area contributed by atoms with Crippen molar-refractivity contribution in [3.8, 4) is 29.5 Å². The van der Waals surface area contributed by atoms with Crippen molar-refractivity contribution in [2.45, 2.75) is 13.5 Å². The van der Waals surface area contributed by atoms with E-state index in [1.807, 2.05) is 61.5 Å². The molecule has 3 aromatic rings. The fraction of sp³-hybridized carbons (Fsp3) is 0.105. The van der Waals surface area contributed by atoms with Gasteiger partial charge >= 0.3 is 0 Å². The molecule has 1 heterocycles. The first kappa shape index (κ1) is 14.0. The number of hydrogen-bond donors (Lipinski definition) is 0. The SMILES string of the molecule is C#Cc1cccc(OCc2nc(-c3ccccc3)oc2C)c1. The minimum Gasteiger partial charge on any atom is -0.487 e. The molecule has 0 saturated carbocycles. The van der Waals surface area contributed by atoms with Crippen molar-refractivity contribution in [3.05, 3.63) is 71.6 Å². The molecule has 108 valence electrons. The van der Waals surface area contributed by atoms with Gasteiger partial charge in [0.25, 0.3) is 0 Å². The molecule has 0 N–H and O–H groups in total. The molecular formula is C19H15NO2. The second kappa shape index (κ2) is 6.19. The van der Waals surface area contributed by atoms with E-state index < -0.39 is 0 Å². The summed E-state index contributed by atoms with van der Waals surface area (Å²) in [4.78, 5) is 4.51. The fourth-order valence-corrected chi connectivity index (χ4v) is 2.09. The molecule has 0 saturated heterocycles. The van der Waals surface area contributed by atoms with E-state index in [1.54, 1.807) is 0 Å². The van der Waals surface area contributed by atoms with Crippen LogP contribution in [0.25, 0.3) is 11.5 Å². The normalized spacial score (nSPS) is 10.2. The van der Waals surface area contributed by atoms with Crippen molar-refractivity contribution >= 4 is 0 Å². The van der Waals surface area contributed by atoms with E-state index in [0.29, 0.717) is 12.5 Å². The van der Waals surface area contributed by atoms with Crippen LogP contribution in [0.1, 0.15) is 17.0 Å². The van der Waals surface area contributed by atoms with Gasteiger partial charge < -0.3 is 9.15 Å². The highest BCUT2D eigenvalue weighted by Crippen LogP contribution is 2.22. The number of aromatic nitrogens is 1. The molecule has 0 amide bonds. The summed E-state index contributed by atoms with van der Waals surface area (Å²) in [5, 5.41) is 0. The molecule has 1 aromatic heterocycles. The zero-order valence-corrected chi connectivity index (χ0v) is 12.2. The van der Waals surface area contributed by atoms with Crippen molar-refractivity contribution in [1.29, 1.82) is 0 Å². The molecule has 0 fully saturated rings. The van der Waals surface area contributed by atoms with Crippen LogP contribution in [-0.4, -0.2) is 4.98 Å². The Morgan fingerprint density at radius 2 is 1.95 bits per heavy atom. The topological polar surface area (TPSA) is 35.3 Å². The molecule has 0 unspecified atom stereocenters. The van der Waals surface area contributed by atoms with Crippen LogP contribution in [-0.2, 0) is 6.61 Å². The van der Waals surface area contributed by atoms with E-state index >= 15 is 0 Å². The first-order valence-corrected chi connectivity index (χ1v) is 6.97. The summed E-state index contributed by atoms with van der Waals surface area (Å²) in [6.07, 6.45) is 5.38. The molecular weight excluding hydrogens is 274 g/mol. The van der Waals surface area contributed by atoms with E-state index in [4.69, 9.17) is 15.6 Å². The van der Waals surface area contributed by atoms with Crippen LogP contribution in [0.15, 0.2) is 59.0 Å². The predicted octanol–water partition coefficient (Wildman–Crippen LogP) is 4.21. The quantitative estimate of drug-likeness (QED) is 0.675. The van der Waals surface area contributed by atoms with Gasteiger partial charge in [0.2, 0.25) is 5.89 Å². The van der Waals surface area contributed by atoms with Crippen molar-refractivity contribution in [2.24, 2.45) is 0 Å². The number of benzene rings is 2. The molecule has 3 heteroatoms. The van der Waals surface area contributed by atoms with Gasteiger partial charge in [0.1, 0.15) is 23.8 Å². The van der Waals surface area contributed by atoms with E-state index in [9.17, 15) is 0 Å². The maximum atomic E-state index is 5.75. The molecule has 3 nitrogen and oxygen atoms in total. The lowest BCUT2D eigenvalue weighted by molar-refractivity contribution is 0.299. The highest BCUT2D eigenvalue weighted by molar-refractivity contribution is 5.53. The summed E-state index contributed by atoms with van der Waals surface area (Å²) in [5.41, 5.74) is 2.52. The number of ether oxygens (including phenoxy) is 1. The smallest absolute Gasteiger partial charge is 0.226 e. The Bertz CT molecular complexity index is 813. The predicted molar refractivity (Wildman–Crippen MR) is 85.4 cm³/mol. The number of aryl methyl sites for hydroxylation is 1. The monoisotopic (exact) mass is 289 g/mol. The van der Waals surface area contributed by atoms with Gasteiger partial charge in [-0.15, -0.1) is 6.42 Å². The minimum atomic E-state index is 0.343. The molecule has 0 radical (unpaired) electrons. The summed E-state index contributed by atoms with van der Waals surface area (Å²) in [5.74, 6) is 4.67. The van der Waals surface area contributed by atoms with Crippen LogP contribution in [0.3, 0.4) is 0 Å². The third-order valence-corrected chi connectivity index (χ3v) is 3.29. The van der Waals surface area contributed by atoms with Gasteiger partial charge in [-0.1, -0.05) is 30.2 Å². The summed E-state index contributed by atoms with van der Waals surface area (Å²) >= 11 is 0. The van der Waals surface area contributed by atoms with Crippen LogP contribution in [0, 0.1) is 19.3 Å². The van der Waals surface area contributed by atoms with Crippen LogP contribution >= 0.6 is 0 Å². The molecule has 2 aromatic carbocycles. The summed E-state index contributed by atoms with van der Waals surface area (Å²) in [6.45, 7) is 2.23. The maximum Gasteiger partial charge on any atom is 0.226 e. The second-order valence-electron chi connectivity index (χ2n) is 4.85. The average Bonchev–Trinajstić information content (AvgIpc) is 2.95. The van der Waals surface area contributed by atoms with Crippen molar-refractivity contribution in [1.82, 2.24) is 4.98 Å². The van der Waals surface area contributed by atoms with Gasteiger partial charge in [-0.3, -0.25) is 0 Å². The van der Waals surface area contributed by atoms with Gasteiger partial charge in [0.15, 0.2) is 0 Å². The molecule has 0 spiro atoms. The van der Waals surface area contributed by atoms with Gasteiger partial charge in [-0.05, 0) is 37.3 Å². The zero-order chi connectivity index (χ0) is 15.4. The van der Waals surface area contributed by atoms with E-state index in [-0.39, 0.29) is 0 Å². The van der Waals surface area contributed by atoms with Crippen LogP contribution in [0.5, 0.6) is 5.75 Å². The lowest BCUT2D eigenvalue weighted by Gasteiger charge is -2.04. The Balaban J connectivity index is 1.76. The Labute approximate surface area is 129 Å². The zero-order valence-electron chi connectivity index (χ0n) is 12.2. The molecule has 0 aliphatic carbocycles. The molecule has 0 aliphatic heterocycles. The van der Waals surface area contributed by atoms with Gasteiger partial charge in [0, 0.05) is 11.1 Å². The van der Waals surface area contributed by atoms with E-state index in [2.05, 4.69) is 10.9 Å². The lowest BCUT2D eigenvalue weighted by atomic mass is 10.2. The molecule has 0 aliphatic rings. The number of rotatable bonds is 4. The van der Waals surface area contributed by atoms with Gasteiger partial charge in [-0.25, -0.2) is 4.98 Å². The van der Waals surface area contributed by atoms with Crippen molar-refractivity contribution < 1.29 is 9.15 Å². The maximum absolute atomic E-state index is 5.75. The van der Waals surface area contributed by atoms with Crippen molar-refractivity contribution in [2.75, 3.05) is 0 Å². The van der Waals surface area contributed by atoms with Gasteiger partial charge in [-0.2, -0.15) is 0 Å². The average molecular weight is 289 g/mol. The van der Waals surface area contributed by atoms with Crippen molar-refractivity contribution in [3.63, 3.8) is 0 Å². The number of hydrogen-bond acceptors (Lipinski definition) is 3. The Hall–Kier alpha value is -2.99. The summed E-state index contributed by atoms with van der Waals surface area (Å²) in [6, 6.07) is 17.2. The molecule has 0 atom stereocenters. The van der Waals surface area contributed by atoms with Crippen LogP contribution < -0.4 is 4.74 Å². The Morgan fingerprint density at radius 3 is 2.73 bits per heavy atom. The lowest BCUT2D eigenvalue weighted by Crippen LogP contribution is -1.97. The molecule has 3 rings (SSSR count). The number of oxazole rings is 1. The summed E-state index contributed by atoms with van der Waals surface area (Å²) < 4.78 is 11.5. The third kappa shape index (κ3) is 3.02. The molecule has 22 heavy (non-hydrogen) atoms. The Morgan fingerprint density at radius 1 is 1.14 bits per heavy atom. The summed E-state index contributed by atoms with van der Waals surface area (Å²) in [7, 11) is 0. The number of terminal acetylenes is 1. The van der Waals surface area contributed by atoms with E-state index in [1.165, 1.54) is 0 Å². The minimum absolute atomic E-state index is 0.343. The van der Waals surface area contributed by atoms with Crippen LogP contribution in [0.4, 0.5) is 0 Å². The second-order valence-corrected chi connectivity index (χ2v) is 4.85. The highest BCUT2D eigenvalue weighted by Gasteiger charge is 2.11. The molecule has 0 bridgehead atoms.